The second-order valence-corrected chi connectivity index (χ2v) is 19.1. The number of benzene rings is 3. The zero-order valence-electron chi connectivity index (χ0n) is 29.6. The average Bonchev–Trinajstić information content (AvgIpc) is 3.34. The summed E-state index contributed by atoms with van der Waals surface area (Å²) in [5.41, 5.74) is 1.22. The number of hydrogen-bond donors (Lipinski definition) is 1. The van der Waals surface area contributed by atoms with Crippen LogP contribution in [0.4, 0.5) is 4.79 Å². The van der Waals surface area contributed by atoms with E-state index in [0.29, 0.717) is 13.2 Å². The predicted molar refractivity (Wildman–Crippen MR) is 190 cm³/mol. The lowest BCUT2D eigenvalue weighted by Crippen LogP contribution is -2.63. The van der Waals surface area contributed by atoms with Crippen LogP contribution in [0.3, 0.4) is 0 Å². The van der Waals surface area contributed by atoms with Crippen molar-refractivity contribution in [2.24, 2.45) is 23.7 Å². The van der Waals surface area contributed by atoms with Gasteiger partial charge in [-0.3, -0.25) is 4.79 Å². The van der Waals surface area contributed by atoms with Crippen molar-refractivity contribution in [1.82, 2.24) is 5.32 Å². The van der Waals surface area contributed by atoms with Gasteiger partial charge in [0.2, 0.25) is 0 Å². The molecule has 1 saturated carbocycles. The van der Waals surface area contributed by atoms with Crippen LogP contribution in [0.2, 0.25) is 18.1 Å². The van der Waals surface area contributed by atoms with E-state index in [1.165, 1.54) is 7.11 Å². The molecule has 49 heavy (non-hydrogen) atoms. The fraction of sp³-hybridized carbons (Fsp3) is 0.462. The molecule has 0 aliphatic heterocycles. The van der Waals surface area contributed by atoms with Crippen molar-refractivity contribution in [3.8, 4) is 0 Å². The van der Waals surface area contributed by atoms with Gasteiger partial charge in [-0.1, -0.05) is 112 Å². The Morgan fingerprint density at radius 3 is 1.69 bits per heavy atom. The standard InChI is InChI=1S/C39H51NO8Si/c1-38(2,3)49(5,6)48-28-39(40-37(43)47-25-31-20-14-9-15-21-31)34(22-41)32(26-45-23-29-16-10-7-11-17-29)33(35(39)36(42)44-4)27-46-24-30-18-12-8-13-19-30/h7-22,32-35H,23-28H2,1-6H3,(H,40,43)/t32-,33-,34+,35+,39-/m1/s1. The first-order chi connectivity index (χ1) is 23.4. The van der Waals surface area contributed by atoms with Gasteiger partial charge in [-0.05, 0) is 40.7 Å². The van der Waals surface area contributed by atoms with E-state index >= 15 is 0 Å². The Kier molecular flexibility index (Phi) is 13.3. The Bertz CT molecular complexity index is 1480. The Hall–Kier alpha value is -3.83. The molecule has 1 N–H and O–H groups in total. The Morgan fingerprint density at radius 1 is 0.776 bits per heavy atom. The van der Waals surface area contributed by atoms with Crippen molar-refractivity contribution < 1.29 is 37.8 Å². The molecular formula is C39H51NO8Si. The molecule has 4 rings (SSSR count). The van der Waals surface area contributed by atoms with Gasteiger partial charge in [0.1, 0.15) is 12.9 Å². The van der Waals surface area contributed by atoms with E-state index in [2.05, 4.69) is 39.2 Å². The number of nitrogens with one attached hydrogen (secondary N) is 1. The molecule has 1 aliphatic carbocycles. The molecule has 1 amide bonds. The maximum absolute atomic E-state index is 14.0. The molecule has 0 saturated heterocycles. The van der Waals surface area contributed by atoms with E-state index in [0.717, 1.165) is 23.0 Å². The molecule has 0 spiro atoms. The minimum Gasteiger partial charge on any atom is -0.469 e. The van der Waals surface area contributed by atoms with Gasteiger partial charge in [0.25, 0.3) is 0 Å². The van der Waals surface area contributed by atoms with E-state index in [9.17, 15) is 14.4 Å². The normalized spacial score (nSPS) is 22.3. The number of methoxy groups -OCH3 is 1. The third-order valence-corrected chi connectivity index (χ3v) is 14.5. The highest BCUT2D eigenvalue weighted by Crippen LogP contribution is 2.50. The second kappa shape index (κ2) is 17.2. The molecule has 3 aromatic carbocycles. The number of ether oxygens (including phenoxy) is 4. The molecule has 10 heteroatoms. The van der Waals surface area contributed by atoms with Crippen molar-refractivity contribution in [2.75, 3.05) is 26.9 Å². The Morgan fingerprint density at radius 2 is 1.24 bits per heavy atom. The number of alkyl carbamates (subject to hydrolysis) is 1. The summed E-state index contributed by atoms with van der Waals surface area (Å²) in [6.45, 7) is 11.3. The summed E-state index contributed by atoms with van der Waals surface area (Å²) in [5.74, 6) is -3.58. The lowest BCUT2D eigenvalue weighted by Gasteiger charge is -2.43. The smallest absolute Gasteiger partial charge is 0.408 e. The Labute approximate surface area is 291 Å². The zero-order valence-corrected chi connectivity index (χ0v) is 30.6. The van der Waals surface area contributed by atoms with Crippen LogP contribution in [-0.4, -0.2) is 59.1 Å². The highest BCUT2D eigenvalue weighted by atomic mass is 28.4. The fourth-order valence-electron chi connectivity index (χ4n) is 6.29. The first-order valence-electron chi connectivity index (χ1n) is 16.8. The molecule has 264 valence electrons. The number of esters is 1. The van der Waals surface area contributed by atoms with Gasteiger partial charge in [-0.15, -0.1) is 0 Å². The summed E-state index contributed by atoms with van der Waals surface area (Å²) >= 11 is 0. The molecule has 1 aliphatic rings. The van der Waals surface area contributed by atoms with Gasteiger partial charge in [0.15, 0.2) is 8.32 Å². The van der Waals surface area contributed by atoms with Gasteiger partial charge in [-0.25, -0.2) is 4.79 Å². The monoisotopic (exact) mass is 689 g/mol. The van der Waals surface area contributed by atoms with Gasteiger partial charge in [0, 0.05) is 11.8 Å². The van der Waals surface area contributed by atoms with Gasteiger partial charge >= 0.3 is 12.1 Å². The number of aldehydes is 1. The minimum atomic E-state index is -2.46. The van der Waals surface area contributed by atoms with E-state index in [1.807, 2.05) is 91.0 Å². The molecule has 0 unspecified atom stereocenters. The minimum absolute atomic E-state index is 0.00766. The molecule has 0 heterocycles. The summed E-state index contributed by atoms with van der Waals surface area (Å²) in [4.78, 5) is 41.1. The molecule has 0 aromatic heterocycles. The molecule has 1 fully saturated rings. The summed E-state index contributed by atoms with van der Waals surface area (Å²) < 4.78 is 30.4. The maximum Gasteiger partial charge on any atom is 0.408 e. The highest BCUT2D eigenvalue weighted by molar-refractivity contribution is 6.74. The van der Waals surface area contributed by atoms with Crippen LogP contribution < -0.4 is 5.32 Å². The van der Waals surface area contributed by atoms with E-state index in [-0.39, 0.29) is 31.5 Å². The Balaban J connectivity index is 1.73. The van der Waals surface area contributed by atoms with E-state index in [4.69, 9.17) is 23.4 Å². The van der Waals surface area contributed by atoms with Gasteiger partial charge < -0.3 is 33.5 Å². The van der Waals surface area contributed by atoms with Crippen LogP contribution in [0.25, 0.3) is 0 Å². The van der Waals surface area contributed by atoms with Crippen molar-refractivity contribution in [3.63, 3.8) is 0 Å². The van der Waals surface area contributed by atoms with Crippen LogP contribution in [0.1, 0.15) is 37.5 Å². The van der Waals surface area contributed by atoms with Gasteiger partial charge in [0.05, 0.1) is 51.6 Å². The SMILES string of the molecule is COC(=O)[C@@H]1[C@H](COCc2ccccc2)[C@@H](COCc2ccccc2)[C@H](C=O)[C@@]1(CO[Si](C)(C)C(C)(C)C)NC(=O)OCc1ccccc1. The number of hydrogen-bond acceptors (Lipinski definition) is 8. The molecule has 3 aromatic rings. The average molecular weight is 690 g/mol. The van der Waals surface area contributed by atoms with Crippen molar-refractivity contribution in [1.29, 1.82) is 0 Å². The van der Waals surface area contributed by atoms with Crippen molar-refractivity contribution in [2.45, 2.75) is 64.3 Å². The topological polar surface area (TPSA) is 109 Å². The molecule has 5 atom stereocenters. The number of amides is 1. The molecule has 9 nitrogen and oxygen atoms in total. The van der Waals surface area contributed by atoms with Crippen LogP contribution >= 0.6 is 0 Å². The number of carbonyl (C=O) groups is 3. The van der Waals surface area contributed by atoms with Crippen LogP contribution in [-0.2, 0) is 52.8 Å². The first kappa shape index (κ1) is 38.0. The molecule has 0 bridgehead atoms. The summed E-state index contributed by atoms with van der Waals surface area (Å²) in [6, 6.07) is 28.8. The summed E-state index contributed by atoms with van der Waals surface area (Å²) in [5, 5.41) is 2.84. The predicted octanol–water partition coefficient (Wildman–Crippen LogP) is 6.96. The largest absolute Gasteiger partial charge is 0.469 e. The van der Waals surface area contributed by atoms with Crippen molar-refractivity contribution in [3.05, 3.63) is 108 Å². The lowest BCUT2D eigenvalue weighted by molar-refractivity contribution is -0.151. The van der Waals surface area contributed by atoms with E-state index in [1.54, 1.807) is 0 Å². The quantitative estimate of drug-likeness (QED) is 0.0978. The number of carbonyl (C=O) groups excluding carboxylic acids is 3. The second-order valence-electron chi connectivity index (χ2n) is 14.3. The fourth-order valence-corrected chi connectivity index (χ4v) is 7.32. The third kappa shape index (κ3) is 9.66. The first-order valence-corrected chi connectivity index (χ1v) is 19.7. The van der Waals surface area contributed by atoms with Gasteiger partial charge in [-0.2, -0.15) is 0 Å². The molecule has 0 radical (unpaired) electrons. The lowest BCUT2D eigenvalue weighted by atomic mass is 9.79. The molecular weight excluding hydrogens is 639 g/mol. The van der Waals surface area contributed by atoms with E-state index < -0.39 is 49.6 Å². The van der Waals surface area contributed by atoms with Crippen LogP contribution in [0.5, 0.6) is 0 Å². The zero-order chi connectivity index (χ0) is 35.5. The van der Waals surface area contributed by atoms with Crippen LogP contribution in [0, 0.1) is 23.7 Å². The van der Waals surface area contributed by atoms with Crippen molar-refractivity contribution >= 4 is 26.7 Å². The third-order valence-electron chi connectivity index (χ3n) is 10.1. The summed E-state index contributed by atoms with van der Waals surface area (Å²) in [7, 11) is -1.15. The summed E-state index contributed by atoms with van der Waals surface area (Å²) in [6.07, 6.45) is 0.0501. The van der Waals surface area contributed by atoms with Crippen LogP contribution in [0.15, 0.2) is 91.0 Å². The maximum atomic E-state index is 14.0. The number of rotatable bonds is 16. The highest BCUT2D eigenvalue weighted by Gasteiger charge is 2.65.